The van der Waals surface area contributed by atoms with Gasteiger partial charge in [-0.15, -0.1) is 0 Å². The third kappa shape index (κ3) is 3.95. The second-order valence-electron chi connectivity index (χ2n) is 4.75. The fourth-order valence-corrected chi connectivity index (χ4v) is 2.29. The van der Waals surface area contributed by atoms with Crippen molar-refractivity contribution < 1.29 is 9.53 Å². The number of aromatic nitrogens is 2. The number of pyridine rings is 1. The Bertz CT molecular complexity index is 594. The van der Waals surface area contributed by atoms with Gasteiger partial charge in [0, 0.05) is 44.5 Å². The third-order valence-electron chi connectivity index (χ3n) is 3.27. The van der Waals surface area contributed by atoms with Crippen LogP contribution < -0.4 is 10.6 Å². The van der Waals surface area contributed by atoms with E-state index in [1.54, 1.807) is 13.3 Å². The molecule has 0 aromatic carbocycles. The van der Waals surface area contributed by atoms with E-state index in [2.05, 4.69) is 32.4 Å². The molecule has 2 aromatic rings. The Morgan fingerprint density at radius 2 is 2.29 bits per heavy atom. The number of rotatable bonds is 7. The normalized spacial score (nSPS) is 10.8. The van der Waals surface area contributed by atoms with Crippen LogP contribution in [0.4, 0.5) is 4.79 Å². The number of hydrogen-bond acceptors (Lipinski definition) is 3. The lowest BCUT2D eigenvalue weighted by Gasteiger charge is -2.04. The summed E-state index contributed by atoms with van der Waals surface area (Å²) in [7, 11) is 1.69. The predicted octanol–water partition coefficient (Wildman–Crippen LogP) is 1.54. The molecule has 0 aliphatic carbocycles. The van der Waals surface area contributed by atoms with Crippen LogP contribution in [-0.4, -0.2) is 42.4 Å². The maximum atomic E-state index is 11.4. The van der Waals surface area contributed by atoms with Crippen LogP contribution in [0.15, 0.2) is 24.5 Å². The van der Waals surface area contributed by atoms with Gasteiger partial charge in [-0.2, -0.15) is 0 Å². The lowest BCUT2D eigenvalue weighted by atomic mass is 10.1. The summed E-state index contributed by atoms with van der Waals surface area (Å²) in [5.41, 5.74) is 2.15. The minimum absolute atomic E-state index is 0.126. The molecular formula is C15H22N4O2. The van der Waals surface area contributed by atoms with E-state index in [0.29, 0.717) is 19.7 Å². The van der Waals surface area contributed by atoms with Crippen molar-refractivity contribution in [1.82, 2.24) is 20.2 Å². The first-order chi connectivity index (χ1) is 10.3. The number of amides is 2. The second-order valence-corrected chi connectivity index (χ2v) is 4.75. The number of hydrogen-bond donors (Lipinski definition) is 2. The smallest absolute Gasteiger partial charge is 0.314 e. The van der Waals surface area contributed by atoms with Gasteiger partial charge in [0.25, 0.3) is 0 Å². The molecule has 2 aromatic heterocycles. The van der Waals surface area contributed by atoms with E-state index in [-0.39, 0.29) is 6.03 Å². The Morgan fingerprint density at radius 3 is 3.05 bits per heavy atom. The van der Waals surface area contributed by atoms with Gasteiger partial charge in [-0.05, 0) is 31.0 Å². The Kier molecular flexibility index (Phi) is 5.57. The van der Waals surface area contributed by atoms with Gasteiger partial charge < -0.3 is 19.9 Å². The summed E-state index contributed by atoms with van der Waals surface area (Å²) in [6.07, 6.45) is 4.66. The van der Waals surface area contributed by atoms with Crippen molar-refractivity contribution in [3.63, 3.8) is 0 Å². The number of fused-ring (bicyclic) bond motifs is 1. The molecule has 2 amide bonds. The summed E-state index contributed by atoms with van der Waals surface area (Å²) < 4.78 is 7.23. The summed E-state index contributed by atoms with van der Waals surface area (Å²) in [6.45, 7) is 4.55. The van der Waals surface area contributed by atoms with Crippen molar-refractivity contribution in [3.8, 4) is 0 Å². The highest BCUT2D eigenvalue weighted by Crippen LogP contribution is 2.19. The minimum Gasteiger partial charge on any atom is -0.383 e. The Hall–Kier alpha value is -2.08. The molecule has 0 bridgehead atoms. The average molecular weight is 290 g/mol. The van der Waals surface area contributed by atoms with Crippen LogP contribution >= 0.6 is 0 Å². The molecular weight excluding hydrogens is 268 g/mol. The minimum atomic E-state index is -0.126. The number of methoxy groups -OCH3 is 1. The highest BCUT2D eigenvalue weighted by atomic mass is 16.5. The fraction of sp³-hybridized carbons (Fsp3) is 0.467. The van der Waals surface area contributed by atoms with Gasteiger partial charge in [0.1, 0.15) is 5.65 Å². The molecule has 114 valence electrons. The molecule has 6 heteroatoms. The van der Waals surface area contributed by atoms with Gasteiger partial charge in [0.15, 0.2) is 0 Å². The molecule has 0 saturated heterocycles. The van der Waals surface area contributed by atoms with E-state index in [1.165, 1.54) is 5.56 Å². The van der Waals surface area contributed by atoms with Gasteiger partial charge in [0.2, 0.25) is 0 Å². The summed E-state index contributed by atoms with van der Waals surface area (Å²) >= 11 is 0. The molecule has 0 radical (unpaired) electrons. The highest BCUT2D eigenvalue weighted by Gasteiger charge is 2.09. The van der Waals surface area contributed by atoms with Crippen LogP contribution in [0.2, 0.25) is 0 Å². The molecule has 21 heavy (non-hydrogen) atoms. The summed E-state index contributed by atoms with van der Waals surface area (Å²) in [5, 5.41) is 6.69. The van der Waals surface area contributed by atoms with Crippen LogP contribution in [0.25, 0.3) is 11.0 Å². The van der Waals surface area contributed by atoms with E-state index in [4.69, 9.17) is 4.74 Å². The SMILES string of the molecule is CCNC(=O)NCCc1cn(CCOC)c2ncccc12. The van der Waals surface area contributed by atoms with Crippen molar-refractivity contribution >= 4 is 17.1 Å². The molecule has 0 unspecified atom stereocenters. The monoisotopic (exact) mass is 290 g/mol. The highest BCUT2D eigenvalue weighted by molar-refractivity contribution is 5.80. The van der Waals surface area contributed by atoms with Crippen molar-refractivity contribution in [2.45, 2.75) is 19.9 Å². The second kappa shape index (κ2) is 7.64. The van der Waals surface area contributed by atoms with E-state index in [0.717, 1.165) is 24.0 Å². The average Bonchev–Trinajstić information content (AvgIpc) is 2.84. The summed E-state index contributed by atoms with van der Waals surface area (Å²) in [6, 6.07) is 3.87. The van der Waals surface area contributed by atoms with Crippen molar-refractivity contribution in [2.24, 2.45) is 0 Å². The molecule has 0 fully saturated rings. The van der Waals surface area contributed by atoms with Gasteiger partial charge in [-0.25, -0.2) is 9.78 Å². The summed E-state index contributed by atoms with van der Waals surface area (Å²) in [4.78, 5) is 15.8. The number of nitrogens with zero attached hydrogens (tertiary/aromatic N) is 2. The fourth-order valence-electron chi connectivity index (χ4n) is 2.29. The van der Waals surface area contributed by atoms with Gasteiger partial charge in [-0.1, -0.05) is 0 Å². The van der Waals surface area contributed by atoms with Crippen LogP contribution in [0.5, 0.6) is 0 Å². The number of carbonyl (C=O) groups is 1. The predicted molar refractivity (Wildman–Crippen MR) is 82.4 cm³/mol. The van der Waals surface area contributed by atoms with E-state index < -0.39 is 0 Å². The topological polar surface area (TPSA) is 68.2 Å². The first kappa shape index (κ1) is 15.3. The van der Waals surface area contributed by atoms with E-state index >= 15 is 0 Å². The van der Waals surface area contributed by atoms with Gasteiger partial charge >= 0.3 is 6.03 Å². The van der Waals surface area contributed by atoms with Crippen LogP contribution in [-0.2, 0) is 17.7 Å². The van der Waals surface area contributed by atoms with Gasteiger partial charge in [-0.3, -0.25) is 0 Å². The maximum absolute atomic E-state index is 11.4. The molecule has 2 rings (SSSR count). The van der Waals surface area contributed by atoms with E-state index in [9.17, 15) is 4.79 Å². The maximum Gasteiger partial charge on any atom is 0.314 e. The first-order valence-corrected chi connectivity index (χ1v) is 7.19. The number of ether oxygens (including phenoxy) is 1. The number of carbonyl (C=O) groups excluding carboxylic acids is 1. The Morgan fingerprint density at radius 1 is 1.43 bits per heavy atom. The van der Waals surface area contributed by atoms with Gasteiger partial charge in [0.05, 0.1) is 6.61 Å². The number of urea groups is 1. The van der Waals surface area contributed by atoms with Crippen molar-refractivity contribution in [2.75, 3.05) is 26.8 Å². The molecule has 2 N–H and O–H groups in total. The van der Waals surface area contributed by atoms with E-state index in [1.807, 2.05) is 13.0 Å². The van der Waals surface area contributed by atoms with Crippen molar-refractivity contribution in [1.29, 1.82) is 0 Å². The first-order valence-electron chi connectivity index (χ1n) is 7.19. The largest absolute Gasteiger partial charge is 0.383 e. The standard InChI is InChI=1S/C15H22N4O2/c1-3-16-15(20)18-8-6-12-11-19(9-10-21-2)14-13(12)5-4-7-17-14/h4-5,7,11H,3,6,8-10H2,1-2H3,(H2,16,18,20). The van der Waals surface area contributed by atoms with Crippen LogP contribution in [0, 0.1) is 0 Å². The lowest BCUT2D eigenvalue weighted by Crippen LogP contribution is -2.36. The lowest BCUT2D eigenvalue weighted by molar-refractivity contribution is 0.188. The summed E-state index contributed by atoms with van der Waals surface area (Å²) in [5.74, 6) is 0. The third-order valence-corrected chi connectivity index (χ3v) is 3.27. The number of nitrogens with one attached hydrogen (secondary N) is 2. The van der Waals surface area contributed by atoms with Crippen molar-refractivity contribution in [3.05, 3.63) is 30.1 Å². The zero-order chi connectivity index (χ0) is 15.1. The zero-order valence-electron chi connectivity index (χ0n) is 12.6. The quantitative estimate of drug-likeness (QED) is 0.813. The van der Waals surface area contributed by atoms with Crippen LogP contribution in [0.3, 0.4) is 0 Å². The molecule has 0 aliphatic heterocycles. The molecule has 0 saturated carbocycles. The Labute approximate surface area is 124 Å². The molecule has 2 heterocycles. The zero-order valence-corrected chi connectivity index (χ0v) is 12.6. The molecule has 0 spiro atoms. The molecule has 0 aliphatic rings. The molecule has 0 atom stereocenters. The van der Waals surface area contributed by atoms with Crippen LogP contribution in [0.1, 0.15) is 12.5 Å². The Balaban J connectivity index is 2.07. The molecule has 6 nitrogen and oxygen atoms in total.